The average Bonchev–Trinajstić information content (AvgIpc) is 3.35. The van der Waals surface area contributed by atoms with Crippen molar-refractivity contribution < 1.29 is 4.79 Å². The van der Waals surface area contributed by atoms with Crippen molar-refractivity contribution in [2.24, 2.45) is 11.8 Å². The molecule has 2 bridgehead atoms. The Morgan fingerprint density at radius 2 is 2.08 bits per heavy atom. The Kier molecular flexibility index (Phi) is 4.79. The van der Waals surface area contributed by atoms with Gasteiger partial charge in [0.25, 0.3) is 0 Å². The molecule has 1 aromatic heterocycles. The number of aromatic nitrogens is 3. The third-order valence-corrected chi connectivity index (χ3v) is 6.45. The quantitative estimate of drug-likeness (QED) is 0.806. The van der Waals surface area contributed by atoms with Crippen molar-refractivity contribution in [3.8, 4) is 11.4 Å². The molecule has 0 spiro atoms. The van der Waals surface area contributed by atoms with Gasteiger partial charge in [-0.1, -0.05) is 48.5 Å². The summed E-state index contributed by atoms with van der Waals surface area (Å²) < 4.78 is 2.07. The zero-order valence-corrected chi connectivity index (χ0v) is 15.3. The first-order valence-electron chi connectivity index (χ1n) is 9.15. The van der Waals surface area contributed by atoms with E-state index in [0.29, 0.717) is 17.7 Å². The molecule has 6 heteroatoms. The minimum atomic E-state index is 0.120. The molecule has 1 amide bonds. The molecule has 0 radical (unpaired) electrons. The zero-order chi connectivity index (χ0) is 17.2. The van der Waals surface area contributed by atoms with Crippen LogP contribution in [0.3, 0.4) is 0 Å². The Morgan fingerprint density at radius 1 is 1.24 bits per heavy atom. The second kappa shape index (κ2) is 7.20. The maximum absolute atomic E-state index is 12.3. The van der Waals surface area contributed by atoms with Crippen molar-refractivity contribution >= 4 is 17.7 Å². The molecule has 1 N–H and O–H groups in total. The summed E-state index contributed by atoms with van der Waals surface area (Å²) in [6, 6.07) is 10.5. The zero-order valence-electron chi connectivity index (χ0n) is 14.5. The Bertz CT molecular complexity index is 745. The monoisotopic (exact) mass is 356 g/mol. The van der Waals surface area contributed by atoms with Crippen LogP contribution in [-0.2, 0) is 11.3 Å². The van der Waals surface area contributed by atoms with Gasteiger partial charge < -0.3 is 9.88 Å². The topological polar surface area (TPSA) is 59.8 Å². The molecule has 132 valence electrons. The van der Waals surface area contributed by atoms with Gasteiger partial charge in [0.15, 0.2) is 11.0 Å². The van der Waals surface area contributed by atoms with E-state index in [2.05, 4.69) is 27.0 Å². The molecule has 2 aliphatic carbocycles. The van der Waals surface area contributed by atoms with Crippen molar-refractivity contribution in [2.45, 2.75) is 50.4 Å². The Hall–Kier alpha value is -1.82. The van der Waals surface area contributed by atoms with Crippen LogP contribution >= 0.6 is 11.8 Å². The molecule has 0 unspecified atom stereocenters. The molecular weight excluding hydrogens is 332 g/mol. The molecule has 2 aliphatic rings. The van der Waals surface area contributed by atoms with Crippen molar-refractivity contribution in [3.63, 3.8) is 0 Å². The fraction of sp³-hybridized carbons (Fsp3) is 0.526. The summed E-state index contributed by atoms with van der Waals surface area (Å²) in [5.41, 5.74) is 1.05. The predicted octanol–water partition coefficient (Wildman–Crippen LogP) is 3.36. The van der Waals surface area contributed by atoms with Crippen LogP contribution in [-0.4, -0.2) is 32.5 Å². The van der Waals surface area contributed by atoms with Gasteiger partial charge in [-0.3, -0.25) is 4.79 Å². The Balaban J connectivity index is 1.38. The van der Waals surface area contributed by atoms with E-state index in [1.807, 2.05) is 30.3 Å². The van der Waals surface area contributed by atoms with Crippen molar-refractivity contribution in [3.05, 3.63) is 30.3 Å². The van der Waals surface area contributed by atoms with Crippen LogP contribution < -0.4 is 5.32 Å². The molecule has 1 aromatic carbocycles. The molecule has 3 atom stereocenters. The largest absolute Gasteiger partial charge is 0.352 e. The fourth-order valence-electron chi connectivity index (χ4n) is 4.28. The second-order valence-corrected chi connectivity index (χ2v) is 8.00. The van der Waals surface area contributed by atoms with E-state index >= 15 is 0 Å². The maximum atomic E-state index is 12.3. The van der Waals surface area contributed by atoms with Gasteiger partial charge in [-0.25, -0.2) is 0 Å². The van der Waals surface area contributed by atoms with Gasteiger partial charge in [-0.2, -0.15) is 0 Å². The van der Waals surface area contributed by atoms with Crippen molar-refractivity contribution in [1.29, 1.82) is 0 Å². The third-order valence-electron chi connectivity index (χ3n) is 5.48. The molecule has 4 rings (SSSR count). The lowest BCUT2D eigenvalue weighted by molar-refractivity contribution is -0.119. The van der Waals surface area contributed by atoms with Crippen LogP contribution in [0.4, 0.5) is 0 Å². The van der Waals surface area contributed by atoms with Crippen LogP contribution in [0.1, 0.15) is 32.6 Å². The van der Waals surface area contributed by atoms with Crippen LogP contribution in [0.15, 0.2) is 35.5 Å². The highest BCUT2D eigenvalue weighted by Gasteiger charge is 2.40. The van der Waals surface area contributed by atoms with E-state index in [1.165, 1.54) is 37.4 Å². The number of hydrogen-bond donors (Lipinski definition) is 1. The standard InChI is InChI=1S/C19H24N4OS/c1-2-23-18(14-6-4-3-5-7-14)21-22-19(23)25-12-17(24)20-16-11-13-8-9-15(16)10-13/h3-7,13,15-16H,2,8-12H2,1H3,(H,20,24)/t13-,15-,16+/m0/s1. The van der Waals surface area contributed by atoms with Gasteiger partial charge in [0.1, 0.15) is 0 Å². The SMILES string of the molecule is CCn1c(SCC(=O)N[C@@H]2C[C@H]3CC[C@H]2C3)nnc1-c1ccccc1. The van der Waals surface area contributed by atoms with Crippen LogP contribution in [0.5, 0.6) is 0 Å². The van der Waals surface area contributed by atoms with E-state index < -0.39 is 0 Å². The maximum Gasteiger partial charge on any atom is 0.230 e. The molecule has 0 aliphatic heterocycles. The van der Waals surface area contributed by atoms with Gasteiger partial charge in [0, 0.05) is 18.2 Å². The van der Waals surface area contributed by atoms with Crippen LogP contribution in [0.25, 0.3) is 11.4 Å². The van der Waals surface area contributed by atoms with E-state index in [1.54, 1.807) is 0 Å². The van der Waals surface area contributed by atoms with Crippen molar-refractivity contribution in [2.75, 3.05) is 5.75 Å². The van der Waals surface area contributed by atoms with Gasteiger partial charge in [-0.15, -0.1) is 10.2 Å². The van der Waals surface area contributed by atoms with E-state index in [-0.39, 0.29) is 5.91 Å². The number of thioether (sulfide) groups is 1. The highest BCUT2D eigenvalue weighted by molar-refractivity contribution is 7.99. The smallest absolute Gasteiger partial charge is 0.230 e. The lowest BCUT2D eigenvalue weighted by Gasteiger charge is -2.22. The number of nitrogens with one attached hydrogen (secondary N) is 1. The molecule has 2 aromatic rings. The van der Waals surface area contributed by atoms with Gasteiger partial charge in [0.05, 0.1) is 5.75 Å². The second-order valence-electron chi connectivity index (χ2n) is 7.05. The summed E-state index contributed by atoms with van der Waals surface area (Å²) in [5, 5.41) is 12.7. The summed E-state index contributed by atoms with van der Waals surface area (Å²) in [5.74, 6) is 2.94. The minimum absolute atomic E-state index is 0.120. The highest BCUT2D eigenvalue weighted by Crippen LogP contribution is 2.44. The number of nitrogens with zero attached hydrogens (tertiary/aromatic N) is 3. The Morgan fingerprint density at radius 3 is 2.76 bits per heavy atom. The number of amides is 1. The molecule has 5 nitrogen and oxygen atoms in total. The van der Waals surface area contributed by atoms with Crippen molar-refractivity contribution in [1.82, 2.24) is 20.1 Å². The lowest BCUT2D eigenvalue weighted by Crippen LogP contribution is -2.39. The minimum Gasteiger partial charge on any atom is -0.352 e. The average molecular weight is 356 g/mol. The van der Waals surface area contributed by atoms with Gasteiger partial charge in [-0.05, 0) is 38.0 Å². The summed E-state index contributed by atoms with van der Waals surface area (Å²) in [6.07, 6.45) is 5.12. The molecule has 0 saturated heterocycles. The van der Waals surface area contributed by atoms with E-state index in [0.717, 1.165) is 29.0 Å². The summed E-state index contributed by atoms with van der Waals surface area (Å²) in [7, 11) is 0. The number of carbonyl (C=O) groups is 1. The summed E-state index contributed by atoms with van der Waals surface area (Å²) in [6.45, 7) is 2.86. The predicted molar refractivity (Wildman–Crippen MR) is 99.2 cm³/mol. The number of fused-ring (bicyclic) bond motifs is 2. The first-order chi connectivity index (χ1) is 12.2. The molecule has 1 heterocycles. The summed E-state index contributed by atoms with van der Waals surface area (Å²) in [4.78, 5) is 12.3. The highest BCUT2D eigenvalue weighted by atomic mass is 32.2. The van der Waals surface area contributed by atoms with E-state index in [9.17, 15) is 4.79 Å². The number of rotatable bonds is 6. The molecule has 2 fully saturated rings. The molecule has 25 heavy (non-hydrogen) atoms. The van der Waals surface area contributed by atoms with Gasteiger partial charge in [0.2, 0.25) is 5.91 Å². The first kappa shape index (κ1) is 16.6. The van der Waals surface area contributed by atoms with Gasteiger partial charge >= 0.3 is 0 Å². The normalized spacial score (nSPS) is 24.6. The first-order valence-corrected chi connectivity index (χ1v) is 10.1. The third kappa shape index (κ3) is 3.45. The van der Waals surface area contributed by atoms with Crippen LogP contribution in [0, 0.1) is 11.8 Å². The fourth-order valence-corrected chi connectivity index (χ4v) is 5.09. The Labute approximate surface area is 152 Å². The molecular formula is C19H24N4OS. The number of carbonyl (C=O) groups excluding carboxylic acids is 1. The number of benzene rings is 1. The van der Waals surface area contributed by atoms with E-state index in [4.69, 9.17) is 0 Å². The van der Waals surface area contributed by atoms with Crippen LogP contribution in [0.2, 0.25) is 0 Å². The summed E-state index contributed by atoms with van der Waals surface area (Å²) >= 11 is 1.48. The molecule has 2 saturated carbocycles. The lowest BCUT2D eigenvalue weighted by atomic mass is 9.95. The number of hydrogen-bond acceptors (Lipinski definition) is 4.